The average Bonchev–Trinajstić information content (AvgIpc) is 2.37. The van der Waals surface area contributed by atoms with E-state index in [2.05, 4.69) is 10.6 Å². The molecule has 0 heterocycles. The van der Waals surface area contributed by atoms with E-state index in [0.29, 0.717) is 31.4 Å². The molecule has 1 aliphatic rings. The lowest BCUT2D eigenvalue weighted by Gasteiger charge is -2.26. The summed E-state index contributed by atoms with van der Waals surface area (Å²) in [5.74, 6) is -1.47. The van der Waals surface area contributed by atoms with Crippen LogP contribution in [-0.4, -0.2) is 23.1 Å². The normalized spacial score (nSPS) is 21.6. The predicted molar refractivity (Wildman–Crippen MR) is 76.7 cm³/mol. The van der Waals surface area contributed by atoms with Crippen LogP contribution in [0.3, 0.4) is 0 Å². The van der Waals surface area contributed by atoms with Gasteiger partial charge in [0.15, 0.2) is 0 Å². The van der Waals surface area contributed by atoms with Gasteiger partial charge in [0.2, 0.25) is 0 Å². The van der Waals surface area contributed by atoms with Gasteiger partial charge in [0.05, 0.1) is 5.92 Å². The quantitative estimate of drug-likeness (QED) is 0.802. The molecule has 1 aromatic rings. The Hall–Kier alpha value is -2.11. The molecular weight excluding hydrogens is 275 g/mol. The van der Waals surface area contributed by atoms with E-state index in [9.17, 15) is 14.0 Å². The van der Waals surface area contributed by atoms with E-state index in [1.807, 2.05) is 0 Å². The summed E-state index contributed by atoms with van der Waals surface area (Å²) in [7, 11) is 0. The van der Waals surface area contributed by atoms with Gasteiger partial charge in [-0.3, -0.25) is 4.79 Å². The first kappa shape index (κ1) is 15.3. The van der Waals surface area contributed by atoms with E-state index in [0.717, 1.165) is 5.56 Å². The van der Waals surface area contributed by atoms with Crippen LogP contribution < -0.4 is 10.6 Å². The maximum Gasteiger partial charge on any atom is 0.319 e. The molecule has 0 saturated heterocycles. The summed E-state index contributed by atoms with van der Waals surface area (Å²) in [6.45, 7) is 1.75. The first-order valence-corrected chi connectivity index (χ1v) is 7.01. The molecule has 0 aliphatic heterocycles. The van der Waals surface area contributed by atoms with Gasteiger partial charge in [-0.05, 0) is 56.4 Å². The zero-order chi connectivity index (χ0) is 15.4. The van der Waals surface area contributed by atoms with Gasteiger partial charge in [0, 0.05) is 11.7 Å². The van der Waals surface area contributed by atoms with Crippen molar-refractivity contribution >= 4 is 17.7 Å². The van der Waals surface area contributed by atoms with Crippen LogP contribution >= 0.6 is 0 Å². The van der Waals surface area contributed by atoms with Gasteiger partial charge in [-0.25, -0.2) is 9.18 Å². The molecule has 0 atom stereocenters. The summed E-state index contributed by atoms with van der Waals surface area (Å²) < 4.78 is 13.2. The molecule has 1 saturated carbocycles. The van der Waals surface area contributed by atoms with Crippen LogP contribution in [0, 0.1) is 18.7 Å². The summed E-state index contributed by atoms with van der Waals surface area (Å²) in [4.78, 5) is 22.7. The number of rotatable bonds is 3. The van der Waals surface area contributed by atoms with Gasteiger partial charge in [-0.15, -0.1) is 0 Å². The maximum atomic E-state index is 13.2. The molecule has 0 aromatic heterocycles. The molecule has 1 aliphatic carbocycles. The second-order valence-corrected chi connectivity index (χ2v) is 5.50. The Morgan fingerprint density at radius 2 is 1.86 bits per heavy atom. The molecule has 3 N–H and O–H groups in total. The maximum absolute atomic E-state index is 13.2. The third-order valence-corrected chi connectivity index (χ3v) is 3.71. The minimum atomic E-state index is -0.770. The number of aliphatic carboxylic acids is 1. The summed E-state index contributed by atoms with van der Waals surface area (Å²) in [5.41, 5.74) is 1.14. The highest BCUT2D eigenvalue weighted by molar-refractivity contribution is 5.89. The number of hydrogen-bond donors (Lipinski definition) is 3. The van der Waals surface area contributed by atoms with Crippen LogP contribution in [0.25, 0.3) is 0 Å². The number of urea groups is 1. The number of amides is 2. The van der Waals surface area contributed by atoms with Crippen molar-refractivity contribution in [2.75, 3.05) is 5.32 Å². The van der Waals surface area contributed by atoms with Crippen molar-refractivity contribution in [2.45, 2.75) is 38.6 Å². The lowest BCUT2D eigenvalue weighted by molar-refractivity contribution is -0.142. The van der Waals surface area contributed by atoms with Crippen LogP contribution in [0.1, 0.15) is 31.2 Å². The predicted octanol–water partition coefficient (Wildman–Crippen LogP) is 2.90. The molecule has 2 rings (SSSR count). The smallest absolute Gasteiger partial charge is 0.319 e. The minimum Gasteiger partial charge on any atom is -0.481 e. The number of carbonyl (C=O) groups is 2. The van der Waals surface area contributed by atoms with Crippen molar-refractivity contribution in [3.63, 3.8) is 0 Å². The molecule has 0 radical (unpaired) electrons. The number of carboxylic acid groups (broad SMARTS) is 1. The number of carboxylic acids is 1. The number of benzene rings is 1. The fourth-order valence-corrected chi connectivity index (χ4v) is 2.65. The SMILES string of the molecule is Cc1cc(F)cc(NC(=O)NC2CCC(C(=O)O)CC2)c1. The second kappa shape index (κ2) is 6.56. The number of anilines is 1. The highest BCUT2D eigenvalue weighted by Gasteiger charge is 2.26. The number of hydrogen-bond acceptors (Lipinski definition) is 2. The van der Waals surface area contributed by atoms with Crippen LogP contribution in [-0.2, 0) is 4.79 Å². The summed E-state index contributed by atoms with van der Waals surface area (Å²) in [6.07, 6.45) is 2.43. The molecule has 21 heavy (non-hydrogen) atoms. The third kappa shape index (κ3) is 4.44. The largest absolute Gasteiger partial charge is 0.481 e. The van der Waals surface area contributed by atoms with Gasteiger partial charge in [-0.1, -0.05) is 0 Å². The zero-order valence-electron chi connectivity index (χ0n) is 11.9. The van der Waals surface area contributed by atoms with Gasteiger partial charge in [-0.2, -0.15) is 0 Å². The number of aryl methyl sites for hydroxylation is 1. The summed E-state index contributed by atoms with van der Waals surface area (Å²) in [5, 5.41) is 14.3. The molecule has 6 heteroatoms. The van der Waals surface area contributed by atoms with E-state index in [1.165, 1.54) is 12.1 Å². The fraction of sp³-hybridized carbons (Fsp3) is 0.467. The Morgan fingerprint density at radius 1 is 1.19 bits per heavy atom. The molecule has 0 bridgehead atoms. The molecule has 5 nitrogen and oxygen atoms in total. The number of carbonyl (C=O) groups excluding carboxylic acids is 1. The zero-order valence-corrected chi connectivity index (χ0v) is 11.9. The van der Waals surface area contributed by atoms with Crippen LogP contribution in [0.4, 0.5) is 14.9 Å². The van der Waals surface area contributed by atoms with Gasteiger partial charge >= 0.3 is 12.0 Å². The van der Waals surface area contributed by atoms with Crippen LogP contribution in [0.5, 0.6) is 0 Å². The molecule has 1 fully saturated rings. The molecular formula is C15H19FN2O3. The first-order valence-electron chi connectivity index (χ1n) is 7.01. The molecule has 2 amide bonds. The summed E-state index contributed by atoms with van der Waals surface area (Å²) >= 11 is 0. The third-order valence-electron chi connectivity index (χ3n) is 3.71. The Morgan fingerprint density at radius 3 is 2.43 bits per heavy atom. The lowest BCUT2D eigenvalue weighted by atomic mass is 9.86. The first-order chi connectivity index (χ1) is 9.94. The Labute approximate surface area is 122 Å². The monoisotopic (exact) mass is 294 g/mol. The highest BCUT2D eigenvalue weighted by Crippen LogP contribution is 2.24. The minimum absolute atomic E-state index is 0.0322. The Kier molecular flexibility index (Phi) is 4.77. The Balaban J connectivity index is 1.84. The average molecular weight is 294 g/mol. The van der Waals surface area contributed by atoms with Gasteiger partial charge < -0.3 is 15.7 Å². The van der Waals surface area contributed by atoms with Crippen molar-refractivity contribution in [1.29, 1.82) is 0 Å². The van der Waals surface area contributed by atoms with E-state index in [4.69, 9.17) is 5.11 Å². The second-order valence-electron chi connectivity index (χ2n) is 5.50. The van der Waals surface area contributed by atoms with Crippen molar-refractivity contribution in [3.8, 4) is 0 Å². The highest BCUT2D eigenvalue weighted by atomic mass is 19.1. The van der Waals surface area contributed by atoms with Crippen molar-refractivity contribution in [2.24, 2.45) is 5.92 Å². The van der Waals surface area contributed by atoms with Gasteiger partial charge in [0.1, 0.15) is 5.82 Å². The van der Waals surface area contributed by atoms with Crippen molar-refractivity contribution < 1.29 is 19.1 Å². The molecule has 114 valence electrons. The number of nitrogens with one attached hydrogen (secondary N) is 2. The van der Waals surface area contributed by atoms with Gasteiger partial charge in [0.25, 0.3) is 0 Å². The lowest BCUT2D eigenvalue weighted by Crippen LogP contribution is -2.41. The van der Waals surface area contributed by atoms with E-state index < -0.39 is 17.8 Å². The Bertz CT molecular complexity index is 519. The van der Waals surface area contributed by atoms with Crippen molar-refractivity contribution in [3.05, 3.63) is 29.6 Å². The standard InChI is InChI=1S/C15H19FN2O3/c1-9-6-11(16)8-13(7-9)18-15(21)17-12-4-2-10(3-5-12)14(19)20/h6-8,10,12H,2-5H2,1H3,(H,19,20)(H2,17,18,21). The van der Waals surface area contributed by atoms with E-state index in [1.54, 1.807) is 13.0 Å². The van der Waals surface area contributed by atoms with Crippen LogP contribution in [0.2, 0.25) is 0 Å². The fourth-order valence-electron chi connectivity index (χ4n) is 2.65. The van der Waals surface area contributed by atoms with Crippen molar-refractivity contribution in [1.82, 2.24) is 5.32 Å². The molecule has 1 aromatic carbocycles. The van der Waals surface area contributed by atoms with E-state index in [-0.39, 0.29) is 12.0 Å². The van der Waals surface area contributed by atoms with Crippen LogP contribution in [0.15, 0.2) is 18.2 Å². The molecule has 0 unspecified atom stereocenters. The van der Waals surface area contributed by atoms with E-state index >= 15 is 0 Å². The topological polar surface area (TPSA) is 78.4 Å². The number of halogens is 1. The molecule has 0 spiro atoms. The summed E-state index contributed by atoms with van der Waals surface area (Å²) in [6, 6.07) is 3.91.